The summed E-state index contributed by atoms with van der Waals surface area (Å²) in [5.41, 5.74) is 0.844. The number of aromatic nitrogens is 2. The fourth-order valence-electron chi connectivity index (χ4n) is 2.96. The maximum absolute atomic E-state index is 12.6. The van der Waals surface area contributed by atoms with Gasteiger partial charge in [0.15, 0.2) is 0 Å². The molecule has 3 aromatic carbocycles. The molecule has 0 unspecified atom stereocenters. The monoisotopic (exact) mass is 595 g/mol. The second-order valence-corrected chi connectivity index (χ2v) is 9.21. The van der Waals surface area contributed by atoms with Crippen molar-refractivity contribution in [1.82, 2.24) is 9.66 Å². The van der Waals surface area contributed by atoms with Crippen LogP contribution in [0.3, 0.4) is 0 Å². The normalized spacial score (nSPS) is 11.4. The zero-order valence-corrected chi connectivity index (χ0v) is 20.8. The number of fused-ring (bicyclic) bond motifs is 1. The van der Waals surface area contributed by atoms with Gasteiger partial charge >= 0.3 is 5.69 Å². The van der Waals surface area contributed by atoms with Crippen molar-refractivity contribution in [3.63, 3.8) is 0 Å². The lowest BCUT2D eigenvalue weighted by molar-refractivity contribution is 0.302. The van der Waals surface area contributed by atoms with E-state index in [1.807, 2.05) is 6.07 Å². The highest BCUT2D eigenvalue weighted by atomic mass is 79.9. The minimum atomic E-state index is -0.621. The maximum Gasteiger partial charge on any atom is 0.349 e. The van der Waals surface area contributed by atoms with Gasteiger partial charge in [-0.25, -0.2) is 4.79 Å². The van der Waals surface area contributed by atoms with Gasteiger partial charge in [-0.15, -0.1) is 4.68 Å². The van der Waals surface area contributed by atoms with Crippen molar-refractivity contribution in [2.24, 2.45) is 5.10 Å². The van der Waals surface area contributed by atoms with Crippen molar-refractivity contribution in [1.29, 1.82) is 0 Å². The average Bonchev–Trinajstić information content (AvgIpc) is 2.75. The molecule has 1 heterocycles. The summed E-state index contributed by atoms with van der Waals surface area (Å²) in [7, 11) is 0. The predicted octanol–water partition coefficient (Wildman–Crippen LogP) is 5.98. The number of nitrogens with one attached hydrogen (secondary N) is 1. The minimum absolute atomic E-state index is 0.281. The van der Waals surface area contributed by atoms with Crippen molar-refractivity contribution in [2.75, 3.05) is 0 Å². The van der Waals surface area contributed by atoms with E-state index in [2.05, 4.69) is 41.9 Å². The second kappa shape index (κ2) is 9.62. The predicted molar refractivity (Wildman–Crippen MR) is 134 cm³/mol. The van der Waals surface area contributed by atoms with Crippen molar-refractivity contribution >= 4 is 72.2 Å². The van der Waals surface area contributed by atoms with Crippen molar-refractivity contribution in [2.45, 2.75) is 6.61 Å². The molecule has 0 aliphatic heterocycles. The molecule has 1 aromatic heterocycles. The van der Waals surface area contributed by atoms with Crippen LogP contribution in [0, 0.1) is 0 Å². The molecule has 162 valence electrons. The third kappa shape index (κ3) is 4.83. The molecule has 0 atom stereocenters. The molecule has 0 aliphatic carbocycles. The SMILES string of the molecule is O=c1[nH]c2ccccc2c(=O)n1N=Cc1cc(Br)c(OCc2ccc(Cl)c(Cl)c2)c(Br)c1. The first-order chi connectivity index (χ1) is 15.3. The Balaban J connectivity index is 1.59. The van der Waals surface area contributed by atoms with Gasteiger partial charge in [-0.05, 0) is 79.4 Å². The number of aromatic amines is 1. The van der Waals surface area contributed by atoms with E-state index in [0.29, 0.717) is 41.2 Å². The first kappa shape index (κ1) is 22.8. The van der Waals surface area contributed by atoms with Crippen molar-refractivity contribution in [3.8, 4) is 5.75 Å². The molecule has 0 radical (unpaired) electrons. The summed E-state index contributed by atoms with van der Waals surface area (Å²) in [6.07, 6.45) is 1.42. The zero-order chi connectivity index (χ0) is 22.8. The van der Waals surface area contributed by atoms with Crippen LogP contribution < -0.4 is 16.0 Å². The van der Waals surface area contributed by atoms with Gasteiger partial charge < -0.3 is 9.72 Å². The fourth-order valence-corrected chi connectivity index (χ4v) is 4.73. The summed E-state index contributed by atoms with van der Waals surface area (Å²) in [5, 5.41) is 5.38. The Kier molecular flexibility index (Phi) is 6.85. The number of benzene rings is 3. The van der Waals surface area contributed by atoms with Gasteiger partial charge in [0.25, 0.3) is 5.56 Å². The maximum atomic E-state index is 12.6. The number of hydrogen-bond acceptors (Lipinski definition) is 4. The van der Waals surface area contributed by atoms with Crippen molar-refractivity contribution < 1.29 is 4.74 Å². The molecule has 4 rings (SSSR count). The van der Waals surface area contributed by atoms with Gasteiger partial charge in [0.05, 0.1) is 36.1 Å². The van der Waals surface area contributed by atoms with E-state index in [9.17, 15) is 9.59 Å². The molecule has 1 N–H and O–H groups in total. The summed E-state index contributed by atoms with van der Waals surface area (Å²) >= 11 is 19.0. The fraction of sp³-hybridized carbons (Fsp3) is 0.0455. The van der Waals surface area contributed by atoms with E-state index < -0.39 is 11.2 Å². The van der Waals surface area contributed by atoms with Gasteiger partial charge in [-0.1, -0.05) is 41.4 Å². The number of H-pyrrole nitrogens is 1. The van der Waals surface area contributed by atoms with E-state index in [0.717, 1.165) is 10.2 Å². The van der Waals surface area contributed by atoms with Gasteiger partial charge in [-0.2, -0.15) is 5.10 Å². The molecule has 0 fully saturated rings. The van der Waals surface area contributed by atoms with Crippen LogP contribution in [0.4, 0.5) is 0 Å². The van der Waals surface area contributed by atoms with E-state index >= 15 is 0 Å². The molecule has 0 saturated heterocycles. The molecular formula is C22H13Br2Cl2N3O3. The number of halogens is 4. The standard InChI is InChI=1S/C22H13Br2Cl2N3O3/c23-15-7-13(8-16(24)20(15)32-11-12-5-6-17(25)18(26)9-12)10-27-29-21(30)14-3-1-2-4-19(14)28-22(29)31/h1-10H,11H2,(H,28,31). The van der Waals surface area contributed by atoms with Crippen LogP contribution >= 0.6 is 55.1 Å². The molecule has 0 bridgehead atoms. The lowest BCUT2D eigenvalue weighted by atomic mass is 10.2. The lowest BCUT2D eigenvalue weighted by Crippen LogP contribution is -2.32. The summed E-state index contributed by atoms with van der Waals surface area (Å²) in [4.78, 5) is 27.5. The molecular weight excluding hydrogens is 585 g/mol. The van der Waals surface area contributed by atoms with Crippen LogP contribution in [-0.2, 0) is 6.61 Å². The minimum Gasteiger partial charge on any atom is -0.487 e. The molecule has 0 aliphatic rings. The molecule has 6 nitrogen and oxygen atoms in total. The molecule has 0 saturated carbocycles. The van der Waals surface area contributed by atoms with E-state index in [1.54, 1.807) is 48.5 Å². The summed E-state index contributed by atoms with van der Waals surface area (Å²) in [6, 6.07) is 15.6. The van der Waals surface area contributed by atoms with Crippen LogP contribution in [-0.4, -0.2) is 15.9 Å². The number of para-hydroxylation sites is 1. The van der Waals surface area contributed by atoms with Gasteiger partial charge in [0, 0.05) is 0 Å². The number of ether oxygens (including phenoxy) is 1. The van der Waals surface area contributed by atoms with Crippen LogP contribution in [0.5, 0.6) is 5.75 Å². The van der Waals surface area contributed by atoms with Crippen LogP contribution in [0.15, 0.2) is 78.2 Å². The highest BCUT2D eigenvalue weighted by Crippen LogP contribution is 2.35. The first-order valence-electron chi connectivity index (χ1n) is 9.17. The third-order valence-corrected chi connectivity index (χ3v) is 6.41. The van der Waals surface area contributed by atoms with E-state index in [-0.39, 0.29) is 6.61 Å². The molecule has 4 aromatic rings. The highest BCUT2D eigenvalue weighted by Gasteiger charge is 2.11. The van der Waals surface area contributed by atoms with Gasteiger partial charge in [0.1, 0.15) is 12.4 Å². The largest absolute Gasteiger partial charge is 0.487 e. The van der Waals surface area contributed by atoms with Crippen molar-refractivity contribution in [3.05, 3.63) is 106 Å². The first-order valence-corrected chi connectivity index (χ1v) is 11.5. The average molecular weight is 598 g/mol. The Morgan fingerprint density at radius 1 is 1.00 bits per heavy atom. The summed E-state index contributed by atoms with van der Waals surface area (Å²) in [5.74, 6) is 0.578. The number of rotatable bonds is 5. The molecule has 10 heteroatoms. The third-order valence-electron chi connectivity index (χ3n) is 4.49. The van der Waals surface area contributed by atoms with Crippen LogP contribution in [0.2, 0.25) is 10.0 Å². The van der Waals surface area contributed by atoms with Gasteiger partial charge in [-0.3, -0.25) is 4.79 Å². The quantitative estimate of drug-likeness (QED) is 0.288. The number of nitrogens with zero attached hydrogens (tertiary/aromatic N) is 2. The Hall–Kier alpha value is -2.39. The molecule has 0 amide bonds. The summed E-state index contributed by atoms with van der Waals surface area (Å²) in [6.45, 7) is 0.281. The smallest absolute Gasteiger partial charge is 0.349 e. The second-order valence-electron chi connectivity index (χ2n) is 6.69. The molecule has 0 spiro atoms. The Morgan fingerprint density at radius 3 is 2.44 bits per heavy atom. The lowest BCUT2D eigenvalue weighted by Gasteiger charge is -2.12. The van der Waals surface area contributed by atoms with Gasteiger partial charge in [0.2, 0.25) is 0 Å². The topological polar surface area (TPSA) is 76.5 Å². The molecule has 32 heavy (non-hydrogen) atoms. The summed E-state index contributed by atoms with van der Waals surface area (Å²) < 4.78 is 8.01. The highest BCUT2D eigenvalue weighted by molar-refractivity contribution is 9.11. The van der Waals surface area contributed by atoms with E-state index in [1.165, 1.54) is 6.21 Å². The van der Waals surface area contributed by atoms with Crippen LogP contribution in [0.25, 0.3) is 10.9 Å². The Labute approximate surface area is 208 Å². The number of hydrogen-bond donors (Lipinski definition) is 1. The Bertz CT molecular complexity index is 1460. The van der Waals surface area contributed by atoms with Crippen LogP contribution in [0.1, 0.15) is 11.1 Å². The van der Waals surface area contributed by atoms with E-state index in [4.69, 9.17) is 27.9 Å². The zero-order valence-electron chi connectivity index (χ0n) is 16.1. The Morgan fingerprint density at radius 2 is 1.72 bits per heavy atom.